The number of amides is 1. The smallest absolute Gasteiger partial charge is 0.410 e. The molecule has 1 aliphatic heterocycles. The molecule has 94 valence electrons. The first-order chi connectivity index (χ1) is 7.33. The van der Waals surface area contributed by atoms with Gasteiger partial charge >= 0.3 is 6.09 Å². The standard InChI is InChI=1S/C11H22N2O3/c1-5-15-9-7-13(6-8(9)12)10(14)16-11(2,3)4/h8-9H,5-7,12H2,1-4H3/t8-,9-/m0/s1. The molecule has 0 aromatic heterocycles. The lowest BCUT2D eigenvalue weighted by Crippen LogP contribution is -2.36. The van der Waals surface area contributed by atoms with E-state index in [9.17, 15) is 4.79 Å². The molecule has 1 amide bonds. The molecule has 0 bridgehead atoms. The van der Waals surface area contributed by atoms with E-state index >= 15 is 0 Å². The van der Waals surface area contributed by atoms with Crippen molar-refractivity contribution in [2.45, 2.75) is 45.4 Å². The van der Waals surface area contributed by atoms with E-state index in [1.54, 1.807) is 4.90 Å². The van der Waals surface area contributed by atoms with E-state index in [0.29, 0.717) is 19.7 Å². The van der Waals surface area contributed by atoms with E-state index < -0.39 is 5.60 Å². The van der Waals surface area contributed by atoms with Crippen LogP contribution in [0.3, 0.4) is 0 Å². The number of likely N-dealkylation sites (tertiary alicyclic amines) is 1. The average Bonchev–Trinajstić information content (AvgIpc) is 2.46. The fraction of sp³-hybridized carbons (Fsp3) is 0.909. The maximum atomic E-state index is 11.7. The number of nitrogens with zero attached hydrogens (tertiary/aromatic N) is 1. The fourth-order valence-corrected chi connectivity index (χ4v) is 1.67. The second-order valence-electron chi connectivity index (χ2n) is 5.04. The average molecular weight is 230 g/mol. The Bertz CT molecular complexity index is 250. The predicted octanol–water partition coefficient (Wildman–Crippen LogP) is 0.970. The summed E-state index contributed by atoms with van der Waals surface area (Å²) in [6.45, 7) is 9.09. The van der Waals surface area contributed by atoms with Crippen molar-refractivity contribution >= 4 is 6.09 Å². The highest BCUT2D eigenvalue weighted by molar-refractivity contribution is 5.68. The summed E-state index contributed by atoms with van der Waals surface area (Å²) >= 11 is 0. The minimum Gasteiger partial charge on any atom is -0.444 e. The summed E-state index contributed by atoms with van der Waals surface area (Å²) in [6, 6.07) is -0.118. The Morgan fingerprint density at radius 3 is 2.56 bits per heavy atom. The van der Waals surface area contributed by atoms with E-state index in [1.165, 1.54) is 0 Å². The number of carbonyl (C=O) groups excluding carboxylic acids is 1. The van der Waals surface area contributed by atoms with Crippen molar-refractivity contribution in [2.24, 2.45) is 5.73 Å². The predicted molar refractivity (Wildman–Crippen MR) is 61.2 cm³/mol. The van der Waals surface area contributed by atoms with Gasteiger partial charge in [0.2, 0.25) is 0 Å². The molecular weight excluding hydrogens is 208 g/mol. The number of hydrogen-bond donors (Lipinski definition) is 1. The van der Waals surface area contributed by atoms with Gasteiger partial charge in [0.1, 0.15) is 5.60 Å². The van der Waals surface area contributed by atoms with Gasteiger partial charge in [-0.1, -0.05) is 0 Å². The molecule has 5 heteroatoms. The van der Waals surface area contributed by atoms with Gasteiger partial charge in [-0.05, 0) is 27.7 Å². The van der Waals surface area contributed by atoms with Crippen molar-refractivity contribution in [1.29, 1.82) is 0 Å². The monoisotopic (exact) mass is 230 g/mol. The molecule has 1 rings (SSSR count). The quantitative estimate of drug-likeness (QED) is 0.767. The Labute approximate surface area is 96.9 Å². The number of hydrogen-bond acceptors (Lipinski definition) is 4. The lowest BCUT2D eigenvalue weighted by molar-refractivity contribution is 0.0220. The molecule has 1 aliphatic rings. The molecule has 16 heavy (non-hydrogen) atoms. The molecule has 1 saturated heterocycles. The van der Waals surface area contributed by atoms with Crippen LogP contribution in [-0.4, -0.2) is 48.4 Å². The van der Waals surface area contributed by atoms with Crippen molar-refractivity contribution in [3.05, 3.63) is 0 Å². The maximum Gasteiger partial charge on any atom is 0.410 e. The summed E-state index contributed by atoms with van der Waals surface area (Å²) in [4.78, 5) is 13.4. The number of rotatable bonds is 2. The van der Waals surface area contributed by atoms with Crippen LogP contribution in [0.25, 0.3) is 0 Å². The van der Waals surface area contributed by atoms with E-state index in [4.69, 9.17) is 15.2 Å². The minimum absolute atomic E-state index is 0.0717. The van der Waals surface area contributed by atoms with E-state index in [0.717, 1.165) is 0 Å². The Kier molecular flexibility index (Phi) is 4.15. The van der Waals surface area contributed by atoms with Crippen LogP contribution in [0, 0.1) is 0 Å². The summed E-state index contributed by atoms with van der Waals surface area (Å²) in [7, 11) is 0. The number of nitrogens with two attached hydrogens (primary N) is 1. The second-order valence-corrected chi connectivity index (χ2v) is 5.04. The van der Waals surface area contributed by atoms with Gasteiger partial charge in [-0.2, -0.15) is 0 Å². The molecule has 0 aliphatic carbocycles. The zero-order valence-corrected chi connectivity index (χ0v) is 10.5. The molecular formula is C11H22N2O3. The SMILES string of the molecule is CCO[C@H]1CN(C(=O)OC(C)(C)C)C[C@@H]1N. The van der Waals surface area contributed by atoms with Gasteiger partial charge in [-0.25, -0.2) is 4.79 Å². The highest BCUT2D eigenvalue weighted by Gasteiger charge is 2.35. The van der Waals surface area contributed by atoms with Gasteiger partial charge in [0.05, 0.1) is 18.7 Å². The van der Waals surface area contributed by atoms with Gasteiger partial charge in [0.25, 0.3) is 0 Å². The Balaban J connectivity index is 2.48. The van der Waals surface area contributed by atoms with E-state index in [2.05, 4.69) is 0 Å². The van der Waals surface area contributed by atoms with Crippen LogP contribution >= 0.6 is 0 Å². The van der Waals surface area contributed by atoms with Crippen molar-refractivity contribution in [1.82, 2.24) is 4.90 Å². The highest BCUT2D eigenvalue weighted by atomic mass is 16.6. The molecule has 1 fully saturated rings. The zero-order chi connectivity index (χ0) is 12.3. The Hall–Kier alpha value is -0.810. The molecule has 0 aromatic rings. The van der Waals surface area contributed by atoms with Crippen molar-refractivity contribution in [3.63, 3.8) is 0 Å². The molecule has 0 unspecified atom stereocenters. The van der Waals surface area contributed by atoms with Gasteiger partial charge < -0.3 is 20.1 Å². The lowest BCUT2D eigenvalue weighted by atomic mass is 10.2. The van der Waals surface area contributed by atoms with Gasteiger partial charge in [0.15, 0.2) is 0 Å². The Morgan fingerprint density at radius 1 is 1.44 bits per heavy atom. The molecule has 0 aromatic carbocycles. The van der Waals surface area contributed by atoms with Crippen LogP contribution in [0.5, 0.6) is 0 Å². The summed E-state index contributed by atoms with van der Waals surface area (Å²) in [5, 5.41) is 0. The van der Waals surface area contributed by atoms with E-state index in [-0.39, 0.29) is 18.2 Å². The van der Waals surface area contributed by atoms with Crippen molar-refractivity contribution < 1.29 is 14.3 Å². The molecule has 2 atom stereocenters. The first-order valence-corrected chi connectivity index (χ1v) is 5.68. The summed E-state index contributed by atoms with van der Waals surface area (Å²) in [5.41, 5.74) is 5.42. The first-order valence-electron chi connectivity index (χ1n) is 5.68. The van der Waals surface area contributed by atoms with Crippen molar-refractivity contribution in [2.75, 3.05) is 19.7 Å². The van der Waals surface area contributed by atoms with Crippen molar-refractivity contribution in [3.8, 4) is 0 Å². The lowest BCUT2D eigenvalue weighted by Gasteiger charge is -2.24. The normalized spacial score (nSPS) is 25.9. The second kappa shape index (κ2) is 5.01. The molecule has 0 radical (unpaired) electrons. The molecule has 1 heterocycles. The number of carbonyl (C=O) groups is 1. The minimum atomic E-state index is -0.467. The van der Waals surface area contributed by atoms with Gasteiger partial charge in [-0.15, -0.1) is 0 Å². The number of ether oxygens (including phenoxy) is 2. The summed E-state index contributed by atoms with van der Waals surface area (Å²) in [5.74, 6) is 0. The molecule has 0 saturated carbocycles. The third kappa shape index (κ3) is 3.64. The van der Waals surface area contributed by atoms with E-state index in [1.807, 2.05) is 27.7 Å². The zero-order valence-electron chi connectivity index (χ0n) is 10.5. The summed E-state index contributed by atoms with van der Waals surface area (Å²) < 4.78 is 10.7. The largest absolute Gasteiger partial charge is 0.444 e. The summed E-state index contributed by atoms with van der Waals surface area (Å²) in [6.07, 6.45) is -0.386. The maximum absolute atomic E-state index is 11.7. The third-order valence-electron chi connectivity index (χ3n) is 2.34. The fourth-order valence-electron chi connectivity index (χ4n) is 1.67. The van der Waals surface area contributed by atoms with Gasteiger partial charge in [-0.3, -0.25) is 0 Å². The first kappa shape index (κ1) is 13.3. The molecule has 2 N–H and O–H groups in total. The van der Waals surface area contributed by atoms with Crippen LogP contribution in [0.1, 0.15) is 27.7 Å². The molecule has 5 nitrogen and oxygen atoms in total. The topological polar surface area (TPSA) is 64.8 Å². The highest BCUT2D eigenvalue weighted by Crippen LogP contribution is 2.16. The van der Waals surface area contributed by atoms with Crippen LogP contribution in [0.4, 0.5) is 4.79 Å². The van der Waals surface area contributed by atoms with Crippen LogP contribution in [-0.2, 0) is 9.47 Å². The third-order valence-corrected chi connectivity index (χ3v) is 2.34. The van der Waals surface area contributed by atoms with Crippen LogP contribution < -0.4 is 5.73 Å². The van der Waals surface area contributed by atoms with Crippen LogP contribution in [0.2, 0.25) is 0 Å². The molecule has 0 spiro atoms. The van der Waals surface area contributed by atoms with Crippen LogP contribution in [0.15, 0.2) is 0 Å². The Morgan fingerprint density at radius 2 is 2.06 bits per heavy atom. The van der Waals surface area contributed by atoms with Gasteiger partial charge in [0, 0.05) is 13.2 Å².